The zero-order chi connectivity index (χ0) is 23.3. The molecule has 8 heteroatoms. The molecule has 0 radical (unpaired) electrons. The van der Waals surface area contributed by atoms with Crippen LogP contribution in [0.4, 0.5) is 23.0 Å². The highest BCUT2D eigenvalue weighted by Crippen LogP contribution is 2.28. The fourth-order valence-corrected chi connectivity index (χ4v) is 3.98. The second-order valence-corrected chi connectivity index (χ2v) is 7.97. The number of aromatic nitrogens is 3. The third-order valence-corrected chi connectivity index (χ3v) is 5.71. The zero-order valence-electron chi connectivity index (χ0n) is 18.7. The molecule has 0 spiro atoms. The number of para-hydroxylation sites is 1. The van der Waals surface area contributed by atoms with Crippen LogP contribution in [0.3, 0.4) is 0 Å². The molecule has 8 nitrogen and oxygen atoms in total. The summed E-state index contributed by atoms with van der Waals surface area (Å²) in [6.07, 6.45) is 4.69. The summed E-state index contributed by atoms with van der Waals surface area (Å²) < 4.78 is 0. The molecule has 0 saturated carbocycles. The van der Waals surface area contributed by atoms with Crippen molar-refractivity contribution >= 4 is 39.8 Å². The maximum Gasteiger partial charge on any atom is 0.247 e. The molecule has 1 amide bonds. The molecular weight excluding hydrogens is 426 g/mol. The lowest BCUT2D eigenvalue weighted by molar-refractivity contribution is -0.111. The van der Waals surface area contributed by atoms with E-state index in [2.05, 4.69) is 49.5 Å². The van der Waals surface area contributed by atoms with E-state index >= 15 is 0 Å². The minimum atomic E-state index is -0.271. The highest BCUT2D eigenvalue weighted by Gasteiger charge is 2.12. The van der Waals surface area contributed by atoms with Gasteiger partial charge in [0.2, 0.25) is 11.9 Å². The molecule has 3 N–H and O–H groups in total. The Balaban J connectivity index is 1.41. The van der Waals surface area contributed by atoms with Crippen molar-refractivity contribution in [1.29, 1.82) is 0 Å². The number of piperazine rings is 1. The molecule has 0 aliphatic carbocycles. The van der Waals surface area contributed by atoms with E-state index in [1.165, 1.54) is 11.8 Å². The van der Waals surface area contributed by atoms with Crippen LogP contribution >= 0.6 is 0 Å². The van der Waals surface area contributed by atoms with Crippen molar-refractivity contribution in [1.82, 2.24) is 20.3 Å². The molecule has 1 aliphatic rings. The number of anilines is 4. The Morgan fingerprint density at radius 3 is 2.65 bits per heavy atom. The summed E-state index contributed by atoms with van der Waals surface area (Å²) in [5.74, 6) is 0.234. The number of pyridine rings is 1. The van der Waals surface area contributed by atoms with Gasteiger partial charge in [-0.1, -0.05) is 24.8 Å². The third kappa shape index (κ3) is 4.72. The van der Waals surface area contributed by atoms with Gasteiger partial charge in [-0.2, -0.15) is 0 Å². The molecule has 1 saturated heterocycles. The van der Waals surface area contributed by atoms with Gasteiger partial charge >= 0.3 is 0 Å². The Morgan fingerprint density at radius 1 is 1.03 bits per heavy atom. The number of benzene rings is 2. The summed E-state index contributed by atoms with van der Waals surface area (Å²) >= 11 is 0. The van der Waals surface area contributed by atoms with Gasteiger partial charge < -0.3 is 20.9 Å². The van der Waals surface area contributed by atoms with Crippen molar-refractivity contribution in [3.05, 3.63) is 79.6 Å². The summed E-state index contributed by atoms with van der Waals surface area (Å²) in [6.45, 7) is 7.53. The predicted octanol–water partition coefficient (Wildman–Crippen LogP) is 3.97. The number of rotatable bonds is 6. The van der Waals surface area contributed by atoms with Crippen LogP contribution in [-0.2, 0) is 4.79 Å². The quantitative estimate of drug-likeness (QED) is 0.382. The summed E-state index contributed by atoms with van der Waals surface area (Å²) in [4.78, 5) is 27.8. The molecule has 2 aromatic heterocycles. The van der Waals surface area contributed by atoms with Gasteiger partial charge in [0.25, 0.3) is 0 Å². The van der Waals surface area contributed by atoms with Crippen LogP contribution in [0.25, 0.3) is 22.2 Å². The fraction of sp³-hybridized carbons (Fsp3) is 0.154. The van der Waals surface area contributed by atoms with Crippen LogP contribution in [0.5, 0.6) is 0 Å². The van der Waals surface area contributed by atoms with Crippen LogP contribution in [0, 0.1) is 0 Å². The van der Waals surface area contributed by atoms with E-state index in [0.29, 0.717) is 17.3 Å². The lowest BCUT2D eigenvalue weighted by Gasteiger charge is -2.29. The van der Waals surface area contributed by atoms with Crippen LogP contribution in [0.2, 0.25) is 0 Å². The number of nitrogens with zero attached hydrogens (tertiary/aromatic N) is 4. The Bertz CT molecular complexity index is 1330. The van der Waals surface area contributed by atoms with Gasteiger partial charge in [0.1, 0.15) is 0 Å². The summed E-state index contributed by atoms with van der Waals surface area (Å²) in [7, 11) is 0. The van der Waals surface area contributed by atoms with Gasteiger partial charge in [-0.25, -0.2) is 9.97 Å². The molecule has 0 unspecified atom stereocenters. The normalized spacial score (nSPS) is 13.5. The first-order valence-electron chi connectivity index (χ1n) is 11.2. The van der Waals surface area contributed by atoms with Crippen molar-refractivity contribution in [2.24, 2.45) is 0 Å². The SMILES string of the molecule is C=CC(=O)Nc1ccnc(-c2cccc3cnc(Nc4ccc(N5CCNCC5)cc4)nc23)c1. The smallest absolute Gasteiger partial charge is 0.247 e. The van der Waals surface area contributed by atoms with Crippen LogP contribution in [0.1, 0.15) is 0 Å². The summed E-state index contributed by atoms with van der Waals surface area (Å²) in [5, 5.41) is 10.4. The van der Waals surface area contributed by atoms with Gasteiger partial charge in [-0.05, 0) is 42.5 Å². The number of hydrogen-bond acceptors (Lipinski definition) is 7. The first-order valence-corrected chi connectivity index (χ1v) is 11.2. The van der Waals surface area contributed by atoms with Crippen molar-refractivity contribution < 1.29 is 4.79 Å². The number of carbonyl (C=O) groups is 1. The topological polar surface area (TPSA) is 95.1 Å². The van der Waals surface area contributed by atoms with Crippen LogP contribution < -0.4 is 20.9 Å². The molecule has 5 rings (SSSR count). The molecule has 1 fully saturated rings. The van der Waals surface area contributed by atoms with E-state index in [4.69, 9.17) is 4.98 Å². The van der Waals surface area contributed by atoms with E-state index in [9.17, 15) is 4.79 Å². The molecule has 1 aliphatic heterocycles. The van der Waals surface area contributed by atoms with Crippen molar-refractivity contribution in [2.75, 3.05) is 41.7 Å². The number of nitrogens with one attached hydrogen (secondary N) is 3. The molecule has 34 heavy (non-hydrogen) atoms. The van der Waals surface area contributed by atoms with Gasteiger partial charge in [-0.3, -0.25) is 9.78 Å². The van der Waals surface area contributed by atoms with E-state index in [0.717, 1.165) is 48.3 Å². The minimum Gasteiger partial charge on any atom is -0.369 e. The van der Waals surface area contributed by atoms with Crippen LogP contribution in [0.15, 0.2) is 79.6 Å². The van der Waals surface area contributed by atoms with Gasteiger partial charge in [0.05, 0.1) is 11.2 Å². The van der Waals surface area contributed by atoms with E-state index < -0.39 is 0 Å². The molecular formula is C26H25N7O. The molecule has 4 aromatic rings. The fourth-order valence-electron chi connectivity index (χ4n) is 3.98. The van der Waals surface area contributed by atoms with Gasteiger partial charge in [0, 0.05) is 66.6 Å². The largest absolute Gasteiger partial charge is 0.369 e. The van der Waals surface area contributed by atoms with E-state index in [1.54, 1.807) is 18.5 Å². The van der Waals surface area contributed by atoms with E-state index in [-0.39, 0.29) is 5.91 Å². The number of fused-ring (bicyclic) bond motifs is 1. The first-order chi connectivity index (χ1) is 16.7. The average molecular weight is 452 g/mol. The highest BCUT2D eigenvalue weighted by molar-refractivity contribution is 5.99. The number of hydrogen-bond donors (Lipinski definition) is 3. The van der Waals surface area contributed by atoms with Crippen molar-refractivity contribution in [2.45, 2.75) is 0 Å². The van der Waals surface area contributed by atoms with Gasteiger partial charge in [-0.15, -0.1) is 0 Å². The highest BCUT2D eigenvalue weighted by atomic mass is 16.1. The third-order valence-electron chi connectivity index (χ3n) is 5.71. The number of amides is 1. The average Bonchev–Trinajstić information content (AvgIpc) is 2.89. The second-order valence-electron chi connectivity index (χ2n) is 7.97. The summed E-state index contributed by atoms with van der Waals surface area (Å²) in [6, 6.07) is 17.8. The molecule has 0 bridgehead atoms. The Hall–Kier alpha value is -4.30. The monoisotopic (exact) mass is 451 g/mol. The Morgan fingerprint density at radius 2 is 1.85 bits per heavy atom. The molecule has 3 heterocycles. The van der Waals surface area contributed by atoms with Crippen LogP contribution in [-0.4, -0.2) is 47.0 Å². The molecule has 2 aromatic carbocycles. The van der Waals surface area contributed by atoms with Gasteiger partial charge in [0.15, 0.2) is 0 Å². The maximum absolute atomic E-state index is 11.7. The minimum absolute atomic E-state index is 0.271. The zero-order valence-corrected chi connectivity index (χ0v) is 18.7. The van der Waals surface area contributed by atoms with Crippen molar-refractivity contribution in [3.8, 4) is 11.3 Å². The first kappa shape index (κ1) is 21.5. The maximum atomic E-state index is 11.7. The summed E-state index contributed by atoms with van der Waals surface area (Å²) in [5.41, 5.74) is 5.11. The number of carbonyl (C=O) groups excluding carboxylic acids is 1. The lowest BCUT2D eigenvalue weighted by atomic mass is 10.1. The molecule has 170 valence electrons. The second kappa shape index (κ2) is 9.68. The van der Waals surface area contributed by atoms with Crippen molar-refractivity contribution in [3.63, 3.8) is 0 Å². The standard InChI is InChI=1S/C26H25N7O/c1-2-24(34)30-20-10-11-28-23(16-20)22-5-3-4-18-17-29-26(32-25(18)22)31-19-6-8-21(9-7-19)33-14-12-27-13-15-33/h2-11,16-17,27H,1,12-15H2,(H,28,30,34)(H,29,31,32). The Labute approximate surface area is 197 Å². The lowest BCUT2D eigenvalue weighted by Crippen LogP contribution is -2.43. The van der Waals surface area contributed by atoms with E-state index in [1.807, 2.05) is 36.4 Å². The predicted molar refractivity (Wildman–Crippen MR) is 136 cm³/mol. The molecule has 0 atom stereocenters. The Kier molecular flexibility index (Phi) is 6.13.